The summed E-state index contributed by atoms with van der Waals surface area (Å²) in [5.41, 5.74) is 0. The predicted molar refractivity (Wildman–Crippen MR) is 59.1 cm³/mol. The maximum absolute atomic E-state index is 5.63. The number of ether oxygens (including phenoxy) is 1. The van der Waals surface area contributed by atoms with Crippen LogP contribution in [0.3, 0.4) is 0 Å². The van der Waals surface area contributed by atoms with Crippen molar-refractivity contribution in [3.63, 3.8) is 0 Å². The highest BCUT2D eigenvalue weighted by Gasteiger charge is 2.00. The van der Waals surface area contributed by atoms with E-state index in [9.17, 15) is 0 Å². The summed E-state index contributed by atoms with van der Waals surface area (Å²) in [5, 5.41) is 0.416. The van der Waals surface area contributed by atoms with E-state index in [-0.39, 0.29) is 6.01 Å². The summed E-state index contributed by atoms with van der Waals surface area (Å²) in [7, 11) is 0. The van der Waals surface area contributed by atoms with Gasteiger partial charge in [-0.2, -0.15) is 0 Å². The predicted octanol–water partition coefficient (Wildman–Crippen LogP) is 3.08. The van der Waals surface area contributed by atoms with Crippen LogP contribution in [0, 0.1) is 0 Å². The zero-order chi connectivity index (χ0) is 10.7. The van der Waals surface area contributed by atoms with Crippen LogP contribution in [0.2, 0.25) is 5.15 Å². The van der Waals surface area contributed by atoms with Crippen molar-refractivity contribution in [1.82, 2.24) is 15.0 Å². The average molecular weight is 287 g/mol. The van der Waals surface area contributed by atoms with Crippen LogP contribution in [-0.2, 0) is 0 Å². The van der Waals surface area contributed by atoms with E-state index in [2.05, 4.69) is 30.9 Å². The standard InChI is InChI=1S/C9H5BrClN3O/c10-6-3-13-9(14-4-6)15-7-1-2-8(11)12-5-7/h1-5H. The van der Waals surface area contributed by atoms with Gasteiger partial charge in [-0.3, -0.25) is 0 Å². The van der Waals surface area contributed by atoms with Crippen molar-refractivity contribution in [3.05, 3.63) is 40.3 Å². The Balaban J connectivity index is 2.15. The highest BCUT2D eigenvalue weighted by atomic mass is 79.9. The lowest BCUT2D eigenvalue weighted by Gasteiger charge is -2.02. The molecule has 4 nitrogen and oxygen atoms in total. The fourth-order valence-corrected chi connectivity index (χ4v) is 1.20. The lowest BCUT2D eigenvalue weighted by Crippen LogP contribution is -1.91. The number of halogens is 2. The molecular formula is C9H5BrClN3O. The quantitative estimate of drug-likeness (QED) is 0.796. The third-order valence-electron chi connectivity index (χ3n) is 1.51. The molecule has 0 N–H and O–H groups in total. The van der Waals surface area contributed by atoms with E-state index >= 15 is 0 Å². The molecule has 6 heteroatoms. The first kappa shape index (κ1) is 10.3. The van der Waals surface area contributed by atoms with Gasteiger partial charge in [-0.05, 0) is 28.1 Å². The second-order valence-electron chi connectivity index (χ2n) is 2.60. The average Bonchev–Trinajstić information content (AvgIpc) is 2.25. The van der Waals surface area contributed by atoms with Gasteiger partial charge in [0.1, 0.15) is 10.9 Å². The molecule has 2 aromatic heterocycles. The van der Waals surface area contributed by atoms with Crippen molar-refractivity contribution >= 4 is 27.5 Å². The summed E-state index contributed by atoms with van der Waals surface area (Å²) >= 11 is 8.86. The zero-order valence-corrected chi connectivity index (χ0v) is 9.73. The largest absolute Gasteiger partial charge is 0.423 e. The number of aromatic nitrogens is 3. The third kappa shape index (κ3) is 2.87. The first-order chi connectivity index (χ1) is 7.24. The van der Waals surface area contributed by atoms with E-state index in [1.165, 1.54) is 6.20 Å². The number of nitrogens with zero attached hydrogens (tertiary/aromatic N) is 3. The highest BCUT2D eigenvalue weighted by Crippen LogP contribution is 2.18. The van der Waals surface area contributed by atoms with Gasteiger partial charge in [0.25, 0.3) is 0 Å². The molecule has 0 atom stereocenters. The van der Waals surface area contributed by atoms with Gasteiger partial charge in [0.05, 0.1) is 10.7 Å². The third-order valence-corrected chi connectivity index (χ3v) is 2.14. The van der Waals surface area contributed by atoms with Crippen molar-refractivity contribution in [2.24, 2.45) is 0 Å². The summed E-state index contributed by atoms with van der Waals surface area (Å²) in [6.07, 6.45) is 4.71. The lowest BCUT2D eigenvalue weighted by atomic mass is 10.5. The molecule has 2 aromatic rings. The van der Waals surface area contributed by atoms with E-state index < -0.39 is 0 Å². The number of rotatable bonds is 2. The summed E-state index contributed by atoms with van der Waals surface area (Å²) in [5.74, 6) is 0.543. The van der Waals surface area contributed by atoms with Gasteiger partial charge in [0.2, 0.25) is 0 Å². The molecule has 0 fully saturated rings. The first-order valence-corrected chi connectivity index (χ1v) is 5.18. The van der Waals surface area contributed by atoms with E-state index in [4.69, 9.17) is 16.3 Å². The smallest absolute Gasteiger partial charge is 0.321 e. The second kappa shape index (κ2) is 4.55. The molecule has 2 heterocycles. The van der Waals surface area contributed by atoms with Crippen molar-refractivity contribution in [3.8, 4) is 11.8 Å². The van der Waals surface area contributed by atoms with Crippen LogP contribution in [0.25, 0.3) is 0 Å². The van der Waals surface area contributed by atoms with Gasteiger partial charge in [-0.1, -0.05) is 11.6 Å². The van der Waals surface area contributed by atoms with Crippen LogP contribution < -0.4 is 4.74 Å². The van der Waals surface area contributed by atoms with Gasteiger partial charge in [-0.15, -0.1) is 0 Å². The minimum Gasteiger partial charge on any atom is -0.423 e. The topological polar surface area (TPSA) is 47.9 Å². The minimum atomic E-state index is 0.266. The normalized spacial score (nSPS) is 10.0. The molecule has 0 saturated carbocycles. The van der Waals surface area contributed by atoms with Gasteiger partial charge in [-0.25, -0.2) is 15.0 Å². The highest BCUT2D eigenvalue weighted by molar-refractivity contribution is 9.10. The van der Waals surface area contributed by atoms with Crippen LogP contribution in [0.15, 0.2) is 35.2 Å². The van der Waals surface area contributed by atoms with Gasteiger partial charge < -0.3 is 4.74 Å². The fourth-order valence-electron chi connectivity index (χ4n) is 0.881. The number of hydrogen-bond acceptors (Lipinski definition) is 4. The van der Waals surface area contributed by atoms with Gasteiger partial charge in [0, 0.05) is 12.4 Å². The summed E-state index contributed by atoms with van der Waals surface area (Å²) in [6, 6.07) is 3.60. The Morgan fingerprint density at radius 1 is 1.07 bits per heavy atom. The molecule has 0 unspecified atom stereocenters. The molecular weight excluding hydrogens is 281 g/mol. The van der Waals surface area contributed by atoms with Crippen molar-refractivity contribution in [1.29, 1.82) is 0 Å². The van der Waals surface area contributed by atoms with E-state index in [1.54, 1.807) is 24.5 Å². The van der Waals surface area contributed by atoms with Crippen molar-refractivity contribution < 1.29 is 4.74 Å². The molecule has 76 valence electrons. The van der Waals surface area contributed by atoms with Gasteiger partial charge in [0.15, 0.2) is 0 Å². The Hall–Kier alpha value is -1.20. The van der Waals surface area contributed by atoms with Crippen LogP contribution in [0.4, 0.5) is 0 Å². The zero-order valence-electron chi connectivity index (χ0n) is 7.39. The Bertz CT molecular complexity index is 402. The molecule has 0 aliphatic heterocycles. The maximum atomic E-state index is 5.63. The van der Waals surface area contributed by atoms with E-state index in [1.807, 2.05) is 0 Å². The van der Waals surface area contributed by atoms with Gasteiger partial charge >= 0.3 is 6.01 Å². The molecule has 0 aliphatic rings. The molecule has 0 spiro atoms. The van der Waals surface area contributed by atoms with E-state index in [0.717, 1.165) is 4.47 Å². The molecule has 0 aromatic carbocycles. The van der Waals surface area contributed by atoms with Crippen molar-refractivity contribution in [2.45, 2.75) is 0 Å². The molecule has 0 bridgehead atoms. The SMILES string of the molecule is Clc1ccc(Oc2ncc(Br)cn2)cn1. The Labute approximate surface area is 99.4 Å². The monoisotopic (exact) mass is 285 g/mol. The number of pyridine rings is 1. The Morgan fingerprint density at radius 2 is 1.80 bits per heavy atom. The van der Waals surface area contributed by atoms with Crippen molar-refractivity contribution in [2.75, 3.05) is 0 Å². The minimum absolute atomic E-state index is 0.266. The fraction of sp³-hybridized carbons (Fsp3) is 0. The Morgan fingerprint density at radius 3 is 2.40 bits per heavy atom. The maximum Gasteiger partial charge on any atom is 0.321 e. The molecule has 0 radical (unpaired) electrons. The molecule has 0 amide bonds. The van der Waals surface area contributed by atoms with Crippen LogP contribution in [0.1, 0.15) is 0 Å². The van der Waals surface area contributed by atoms with Crippen LogP contribution in [-0.4, -0.2) is 15.0 Å². The molecule has 2 rings (SSSR count). The van der Waals surface area contributed by atoms with E-state index in [0.29, 0.717) is 10.9 Å². The summed E-state index contributed by atoms with van der Waals surface area (Å²) in [6.45, 7) is 0. The van der Waals surface area contributed by atoms with Crippen LogP contribution >= 0.6 is 27.5 Å². The molecule has 0 saturated heterocycles. The Kier molecular flexibility index (Phi) is 3.13. The lowest BCUT2D eigenvalue weighted by molar-refractivity contribution is 0.439. The molecule has 0 aliphatic carbocycles. The number of hydrogen-bond donors (Lipinski definition) is 0. The summed E-state index contributed by atoms with van der Waals surface area (Å²) < 4.78 is 6.12. The first-order valence-electron chi connectivity index (χ1n) is 4.01. The summed E-state index contributed by atoms with van der Waals surface area (Å²) in [4.78, 5) is 11.8. The van der Waals surface area contributed by atoms with Crippen LogP contribution in [0.5, 0.6) is 11.8 Å². The second-order valence-corrected chi connectivity index (χ2v) is 3.91. The molecule has 15 heavy (non-hydrogen) atoms.